The number of aryl methyl sites for hydroxylation is 2. The zero-order chi connectivity index (χ0) is 14.5. The van der Waals surface area contributed by atoms with Gasteiger partial charge < -0.3 is 9.42 Å². The van der Waals surface area contributed by atoms with Gasteiger partial charge in [-0.1, -0.05) is 19.0 Å². The van der Waals surface area contributed by atoms with Gasteiger partial charge in [0.2, 0.25) is 5.91 Å². The van der Waals surface area contributed by atoms with E-state index in [2.05, 4.69) is 19.0 Å². The van der Waals surface area contributed by atoms with E-state index in [0.29, 0.717) is 17.3 Å². The van der Waals surface area contributed by atoms with Gasteiger partial charge in [-0.2, -0.15) is 0 Å². The average Bonchev–Trinajstić information content (AvgIpc) is 2.59. The lowest BCUT2D eigenvalue weighted by Gasteiger charge is -2.62. The van der Waals surface area contributed by atoms with Crippen molar-refractivity contribution in [2.75, 3.05) is 13.1 Å². The fraction of sp³-hybridized carbons (Fsp3) is 0.750. The van der Waals surface area contributed by atoms with Crippen LogP contribution in [0.2, 0.25) is 0 Å². The predicted molar refractivity (Wildman–Crippen MR) is 76.3 cm³/mol. The first-order valence-corrected chi connectivity index (χ1v) is 7.50. The van der Waals surface area contributed by atoms with E-state index < -0.39 is 0 Å². The molecule has 2 fully saturated rings. The van der Waals surface area contributed by atoms with Gasteiger partial charge in [-0.3, -0.25) is 4.79 Å². The van der Waals surface area contributed by atoms with E-state index in [-0.39, 0.29) is 5.91 Å². The maximum absolute atomic E-state index is 12.2. The van der Waals surface area contributed by atoms with Gasteiger partial charge in [0.25, 0.3) is 0 Å². The van der Waals surface area contributed by atoms with Crippen molar-refractivity contribution in [1.29, 1.82) is 0 Å². The van der Waals surface area contributed by atoms with Gasteiger partial charge in [0.05, 0.1) is 5.69 Å². The molecule has 20 heavy (non-hydrogen) atoms. The summed E-state index contributed by atoms with van der Waals surface area (Å²) in [6, 6.07) is 0. The first-order chi connectivity index (χ1) is 9.30. The smallest absolute Gasteiger partial charge is 0.222 e. The number of rotatable bonds is 3. The summed E-state index contributed by atoms with van der Waals surface area (Å²) in [7, 11) is 0. The lowest BCUT2D eigenvalue weighted by Crippen LogP contribution is -2.65. The van der Waals surface area contributed by atoms with Crippen LogP contribution in [0.15, 0.2) is 4.52 Å². The van der Waals surface area contributed by atoms with Crippen LogP contribution >= 0.6 is 0 Å². The molecular formula is C16H24N2O2. The number of carbonyl (C=O) groups excluding carboxylic acids is 1. The molecule has 0 radical (unpaired) electrons. The van der Waals surface area contributed by atoms with Crippen molar-refractivity contribution in [3.05, 3.63) is 17.0 Å². The Morgan fingerprint density at radius 2 is 1.95 bits per heavy atom. The zero-order valence-electron chi connectivity index (χ0n) is 13.0. The summed E-state index contributed by atoms with van der Waals surface area (Å²) in [5.41, 5.74) is 2.96. The van der Waals surface area contributed by atoms with Crippen molar-refractivity contribution in [3.63, 3.8) is 0 Å². The van der Waals surface area contributed by atoms with Crippen LogP contribution in [-0.2, 0) is 11.2 Å². The van der Waals surface area contributed by atoms with Crippen molar-refractivity contribution in [2.24, 2.45) is 10.8 Å². The molecule has 0 aromatic carbocycles. The molecule has 3 rings (SSSR count). The summed E-state index contributed by atoms with van der Waals surface area (Å²) in [5, 5.41) is 3.93. The average molecular weight is 276 g/mol. The fourth-order valence-corrected chi connectivity index (χ4v) is 4.39. The van der Waals surface area contributed by atoms with E-state index in [1.807, 2.05) is 18.7 Å². The van der Waals surface area contributed by atoms with E-state index in [1.165, 1.54) is 12.8 Å². The van der Waals surface area contributed by atoms with Crippen LogP contribution < -0.4 is 0 Å². The topological polar surface area (TPSA) is 46.3 Å². The summed E-state index contributed by atoms with van der Waals surface area (Å²) in [6.45, 7) is 10.4. The van der Waals surface area contributed by atoms with Gasteiger partial charge in [0.15, 0.2) is 0 Å². The number of hydrogen-bond donors (Lipinski definition) is 0. The standard InChI is InChI=1S/C16H24N2O2/c1-11-13(12(2)20-17-11)5-6-14(19)18-9-16(10-18)7-15(3,4)8-16/h5-10H2,1-4H3. The number of hydrogen-bond acceptors (Lipinski definition) is 3. The molecule has 1 aliphatic heterocycles. The minimum atomic E-state index is 0.278. The first-order valence-electron chi connectivity index (χ1n) is 7.50. The van der Waals surface area contributed by atoms with E-state index in [0.717, 1.165) is 36.5 Å². The molecule has 4 heteroatoms. The lowest BCUT2D eigenvalue weighted by molar-refractivity contribution is -0.164. The normalized spacial score (nSPS) is 22.5. The highest BCUT2D eigenvalue weighted by Gasteiger charge is 2.56. The maximum Gasteiger partial charge on any atom is 0.222 e. The van der Waals surface area contributed by atoms with Crippen molar-refractivity contribution in [2.45, 2.75) is 53.4 Å². The maximum atomic E-state index is 12.2. The third-order valence-electron chi connectivity index (χ3n) is 4.88. The summed E-state index contributed by atoms with van der Waals surface area (Å²) in [5.74, 6) is 1.12. The van der Waals surface area contributed by atoms with Crippen molar-refractivity contribution in [3.8, 4) is 0 Å². The third-order valence-corrected chi connectivity index (χ3v) is 4.88. The van der Waals surface area contributed by atoms with Crippen LogP contribution in [0.1, 0.15) is 50.1 Å². The van der Waals surface area contributed by atoms with Crippen LogP contribution in [0, 0.1) is 24.7 Å². The van der Waals surface area contributed by atoms with Crippen LogP contribution in [0.3, 0.4) is 0 Å². The number of carbonyl (C=O) groups is 1. The van der Waals surface area contributed by atoms with Crippen molar-refractivity contribution >= 4 is 5.91 Å². The fourth-order valence-electron chi connectivity index (χ4n) is 4.39. The first kappa shape index (κ1) is 13.7. The largest absolute Gasteiger partial charge is 0.361 e. The van der Waals surface area contributed by atoms with Crippen molar-refractivity contribution < 1.29 is 9.32 Å². The monoisotopic (exact) mass is 276 g/mol. The number of likely N-dealkylation sites (tertiary alicyclic amines) is 1. The van der Waals surface area contributed by atoms with Gasteiger partial charge >= 0.3 is 0 Å². The molecule has 1 amide bonds. The molecule has 1 aromatic rings. The summed E-state index contributed by atoms with van der Waals surface area (Å²) >= 11 is 0. The molecule has 1 saturated heterocycles. The molecule has 110 valence electrons. The van der Waals surface area contributed by atoms with Gasteiger partial charge in [-0.25, -0.2) is 0 Å². The quantitative estimate of drug-likeness (QED) is 0.852. The molecule has 1 aromatic heterocycles. The van der Waals surface area contributed by atoms with E-state index in [4.69, 9.17) is 4.52 Å². The molecule has 1 spiro atoms. The molecule has 0 atom stereocenters. The lowest BCUT2D eigenvalue weighted by atomic mass is 9.51. The molecule has 0 unspecified atom stereocenters. The minimum absolute atomic E-state index is 0.278. The minimum Gasteiger partial charge on any atom is -0.361 e. The van der Waals surface area contributed by atoms with Gasteiger partial charge in [0.1, 0.15) is 5.76 Å². The predicted octanol–water partition coefficient (Wildman–Crippen LogP) is 2.87. The third kappa shape index (κ3) is 2.25. The number of nitrogens with zero attached hydrogens (tertiary/aromatic N) is 2. The molecule has 1 saturated carbocycles. The molecule has 0 N–H and O–H groups in total. The highest BCUT2D eigenvalue weighted by Crippen LogP contribution is 2.58. The van der Waals surface area contributed by atoms with Gasteiger partial charge in [-0.05, 0) is 38.5 Å². The second kappa shape index (κ2) is 4.34. The summed E-state index contributed by atoms with van der Waals surface area (Å²) in [4.78, 5) is 14.2. The Balaban J connectivity index is 1.48. The molecule has 2 heterocycles. The molecule has 4 nitrogen and oxygen atoms in total. The second-order valence-electron chi connectivity index (χ2n) is 7.57. The van der Waals surface area contributed by atoms with E-state index in [9.17, 15) is 4.79 Å². The Bertz CT molecular complexity index is 509. The Hall–Kier alpha value is -1.32. The van der Waals surface area contributed by atoms with Gasteiger partial charge in [0, 0.05) is 30.5 Å². The van der Waals surface area contributed by atoms with Crippen LogP contribution in [-0.4, -0.2) is 29.1 Å². The Labute approximate surface area is 120 Å². The molecule has 2 aliphatic rings. The summed E-state index contributed by atoms with van der Waals surface area (Å²) in [6.07, 6.45) is 3.86. The van der Waals surface area contributed by atoms with Gasteiger partial charge in [-0.15, -0.1) is 0 Å². The van der Waals surface area contributed by atoms with E-state index >= 15 is 0 Å². The summed E-state index contributed by atoms with van der Waals surface area (Å²) < 4.78 is 5.14. The van der Waals surface area contributed by atoms with Crippen LogP contribution in [0.25, 0.3) is 0 Å². The van der Waals surface area contributed by atoms with Crippen LogP contribution in [0.5, 0.6) is 0 Å². The number of amides is 1. The second-order valence-corrected chi connectivity index (χ2v) is 7.57. The molecule has 0 bridgehead atoms. The molecular weight excluding hydrogens is 252 g/mol. The highest BCUT2D eigenvalue weighted by atomic mass is 16.5. The Kier molecular flexibility index (Phi) is 2.96. The Morgan fingerprint density at radius 3 is 2.45 bits per heavy atom. The zero-order valence-corrected chi connectivity index (χ0v) is 13.0. The SMILES string of the molecule is Cc1noc(C)c1CCC(=O)N1CC2(C1)CC(C)(C)C2. The van der Waals surface area contributed by atoms with Crippen LogP contribution in [0.4, 0.5) is 0 Å². The Morgan fingerprint density at radius 1 is 1.30 bits per heavy atom. The number of aromatic nitrogens is 1. The molecule has 1 aliphatic carbocycles. The highest BCUT2D eigenvalue weighted by molar-refractivity contribution is 5.77. The van der Waals surface area contributed by atoms with E-state index in [1.54, 1.807) is 0 Å². The van der Waals surface area contributed by atoms with Crippen molar-refractivity contribution in [1.82, 2.24) is 10.1 Å².